The molecule has 0 radical (unpaired) electrons. The van der Waals surface area contributed by atoms with Crippen LogP contribution in [0.5, 0.6) is 0 Å². The zero-order chi connectivity index (χ0) is 13.8. The van der Waals surface area contributed by atoms with Crippen LogP contribution in [-0.4, -0.2) is 11.4 Å². The minimum atomic E-state index is -0.281. The van der Waals surface area contributed by atoms with Gasteiger partial charge in [-0.15, -0.1) is 0 Å². The van der Waals surface area contributed by atoms with Crippen LogP contribution in [0.4, 0.5) is 0 Å². The van der Waals surface area contributed by atoms with Crippen molar-refractivity contribution in [2.45, 2.75) is 52.6 Å². The number of carbonyl (C=O) groups is 1. The molecule has 0 heterocycles. The zero-order valence-corrected chi connectivity index (χ0v) is 11.8. The number of amides is 1. The van der Waals surface area contributed by atoms with Crippen LogP contribution >= 0.6 is 0 Å². The molecule has 0 aromatic heterocycles. The van der Waals surface area contributed by atoms with Crippen molar-refractivity contribution in [3.8, 4) is 0 Å². The van der Waals surface area contributed by atoms with E-state index in [9.17, 15) is 4.79 Å². The van der Waals surface area contributed by atoms with E-state index in [0.717, 1.165) is 0 Å². The van der Waals surface area contributed by atoms with Crippen molar-refractivity contribution in [3.05, 3.63) is 34.9 Å². The van der Waals surface area contributed by atoms with E-state index in [4.69, 9.17) is 5.73 Å². The quantitative estimate of drug-likeness (QED) is 0.841. The number of rotatable bonds is 5. The molecule has 0 atom stereocenters. The summed E-state index contributed by atoms with van der Waals surface area (Å²) in [5, 5.41) is 2.95. The van der Waals surface area contributed by atoms with Gasteiger partial charge in [-0.3, -0.25) is 4.79 Å². The maximum atomic E-state index is 11.7. The highest BCUT2D eigenvalue weighted by atomic mass is 16.1. The first-order chi connectivity index (χ1) is 8.28. The van der Waals surface area contributed by atoms with Gasteiger partial charge in [0.15, 0.2) is 0 Å². The number of hydrogen-bond donors (Lipinski definition) is 2. The molecule has 0 aliphatic heterocycles. The lowest BCUT2D eigenvalue weighted by molar-refractivity contribution is -0.121. The third-order valence-corrected chi connectivity index (χ3v) is 2.98. The van der Waals surface area contributed by atoms with E-state index in [1.807, 2.05) is 13.8 Å². The fraction of sp³-hybridized carbons (Fsp3) is 0.533. The molecule has 0 fully saturated rings. The topological polar surface area (TPSA) is 55.1 Å². The third-order valence-electron chi connectivity index (χ3n) is 2.98. The van der Waals surface area contributed by atoms with Crippen molar-refractivity contribution in [1.82, 2.24) is 5.32 Å². The van der Waals surface area contributed by atoms with Gasteiger partial charge >= 0.3 is 0 Å². The van der Waals surface area contributed by atoms with Crippen molar-refractivity contribution in [2.24, 2.45) is 5.73 Å². The molecule has 3 N–H and O–H groups in total. The molecule has 0 aliphatic carbocycles. The second kappa shape index (κ2) is 6.01. The van der Waals surface area contributed by atoms with Crippen molar-refractivity contribution in [2.75, 3.05) is 0 Å². The van der Waals surface area contributed by atoms with E-state index in [-0.39, 0.29) is 11.4 Å². The van der Waals surface area contributed by atoms with Gasteiger partial charge in [-0.25, -0.2) is 0 Å². The number of aryl methyl sites for hydroxylation is 2. The predicted octanol–water partition coefficient (Wildman–Crippen LogP) is 2.44. The van der Waals surface area contributed by atoms with Gasteiger partial charge in [0, 0.05) is 18.5 Å². The van der Waals surface area contributed by atoms with Gasteiger partial charge in [-0.2, -0.15) is 0 Å². The minimum absolute atomic E-state index is 0.0643. The SMILES string of the molecule is Cc1ccc(C)c(CNC(=O)CCC(C)(C)N)c1. The van der Waals surface area contributed by atoms with E-state index >= 15 is 0 Å². The van der Waals surface area contributed by atoms with Crippen molar-refractivity contribution >= 4 is 5.91 Å². The second-order valence-corrected chi connectivity index (χ2v) is 5.70. The third kappa shape index (κ3) is 5.32. The van der Waals surface area contributed by atoms with Gasteiger partial charge in [-0.1, -0.05) is 23.8 Å². The van der Waals surface area contributed by atoms with Crippen LogP contribution in [0, 0.1) is 13.8 Å². The van der Waals surface area contributed by atoms with E-state index in [0.29, 0.717) is 19.4 Å². The number of nitrogens with two attached hydrogens (primary N) is 1. The Balaban J connectivity index is 2.45. The first-order valence-electron chi connectivity index (χ1n) is 6.40. The summed E-state index contributed by atoms with van der Waals surface area (Å²) in [6, 6.07) is 6.28. The summed E-state index contributed by atoms with van der Waals surface area (Å²) in [4.78, 5) is 11.7. The Morgan fingerprint density at radius 3 is 2.61 bits per heavy atom. The normalized spacial score (nSPS) is 11.4. The number of hydrogen-bond acceptors (Lipinski definition) is 2. The van der Waals surface area contributed by atoms with Gasteiger partial charge in [0.25, 0.3) is 0 Å². The number of nitrogens with one attached hydrogen (secondary N) is 1. The van der Waals surface area contributed by atoms with Crippen LogP contribution in [0.2, 0.25) is 0 Å². The average molecular weight is 248 g/mol. The van der Waals surface area contributed by atoms with Gasteiger partial charge in [-0.05, 0) is 45.2 Å². The highest BCUT2D eigenvalue weighted by molar-refractivity contribution is 5.76. The molecule has 0 spiro atoms. The molecule has 3 heteroatoms. The zero-order valence-electron chi connectivity index (χ0n) is 11.8. The smallest absolute Gasteiger partial charge is 0.220 e. The van der Waals surface area contributed by atoms with Crippen LogP contribution in [0.1, 0.15) is 43.4 Å². The maximum Gasteiger partial charge on any atom is 0.220 e. The highest BCUT2D eigenvalue weighted by Crippen LogP contribution is 2.11. The summed E-state index contributed by atoms with van der Waals surface area (Å²) >= 11 is 0. The monoisotopic (exact) mass is 248 g/mol. The van der Waals surface area contributed by atoms with E-state index < -0.39 is 0 Å². The molecule has 3 nitrogen and oxygen atoms in total. The Labute approximate surface area is 110 Å². The average Bonchev–Trinajstić information content (AvgIpc) is 2.26. The minimum Gasteiger partial charge on any atom is -0.352 e. The standard InChI is InChI=1S/C15H24N2O/c1-11-5-6-12(2)13(9-11)10-17-14(18)7-8-15(3,4)16/h5-6,9H,7-8,10,16H2,1-4H3,(H,17,18). The fourth-order valence-electron chi connectivity index (χ4n) is 1.71. The molecule has 18 heavy (non-hydrogen) atoms. The number of benzene rings is 1. The van der Waals surface area contributed by atoms with Gasteiger partial charge in [0.05, 0.1) is 0 Å². The summed E-state index contributed by atoms with van der Waals surface area (Å²) in [5.41, 5.74) is 9.17. The van der Waals surface area contributed by atoms with Gasteiger partial charge in [0.2, 0.25) is 5.91 Å². The maximum absolute atomic E-state index is 11.7. The molecule has 1 rings (SSSR count). The second-order valence-electron chi connectivity index (χ2n) is 5.70. The van der Waals surface area contributed by atoms with Gasteiger partial charge < -0.3 is 11.1 Å². The molecular formula is C15H24N2O. The molecule has 0 bridgehead atoms. The van der Waals surface area contributed by atoms with Crippen LogP contribution in [-0.2, 0) is 11.3 Å². The van der Waals surface area contributed by atoms with Crippen molar-refractivity contribution in [3.63, 3.8) is 0 Å². The summed E-state index contributed by atoms with van der Waals surface area (Å²) in [5.74, 6) is 0.0643. The predicted molar refractivity (Wildman–Crippen MR) is 75.3 cm³/mol. The van der Waals surface area contributed by atoms with Crippen LogP contribution < -0.4 is 11.1 Å². The summed E-state index contributed by atoms with van der Waals surface area (Å²) in [6.07, 6.45) is 1.18. The Bertz CT molecular complexity index is 419. The fourth-order valence-corrected chi connectivity index (χ4v) is 1.71. The molecule has 0 saturated carbocycles. The largest absolute Gasteiger partial charge is 0.352 e. The molecule has 1 amide bonds. The Morgan fingerprint density at radius 2 is 2.00 bits per heavy atom. The summed E-state index contributed by atoms with van der Waals surface area (Å²) in [7, 11) is 0. The van der Waals surface area contributed by atoms with E-state index in [1.165, 1.54) is 16.7 Å². The number of carbonyl (C=O) groups excluding carboxylic acids is 1. The van der Waals surface area contributed by atoms with E-state index in [2.05, 4.69) is 37.4 Å². The summed E-state index contributed by atoms with van der Waals surface area (Å²) in [6.45, 7) is 8.58. The lowest BCUT2D eigenvalue weighted by atomic mass is 10.00. The Kier molecular flexibility index (Phi) is 4.91. The van der Waals surface area contributed by atoms with Crippen molar-refractivity contribution < 1.29 is 4.79 Å². The van der Waals surface area contributed by atoms with E-state index in [1.54, 1.807) is 0 Å². The highest BCUT2D eigenvalue weighted by Gasteiger charge is 2.13. The van der Waals surface area contributed by atoms with Crippen LogP contribution in [0.25, 0.3) is 0 Å². The van der Waals surface area contributed by atoms with Gasteiger partial charge in [0.1, 0.15) is 0 Å². The Hall–Kier alpha value is -1.35. The summed E-state index contributed by atoms with van der Waals surface area (Å²) < 4.78 is 0. The first kappa shape index (κ1) is 14.7. The van der Waals surface area contributed by atoms with Crippen LogP contribution in [0.15, 0.2) is 18.2 Å². The lowest BCUT2D eigenvalue weighted by Gasteiger charge is -2.17. The molecule has 0 unspecified atom stereocenters. The van der Waals surface area contributed by atoms with Crippen molar-refractivity contribution in [1.29, 1.82) is 0 Å². The first-order valence-corrected chi connectivity index (χ1v) is 6.40. The Morgan fingerprint density at radius 1 is 1.33 bits per heavy atom. The lowest BCUT2D eigenvalue weighted by Crippen LogP contribution is -2.34. The molecule has 0 saturated heterocycles. The molecule has 0 aliphatic rings. The molecule has 100 valence electrons. The molecule has 1 aromatic rings. The molecule has 1 aromatic carbocycles. The molecular weight excluding hydrogens is 224 g/mol. The van der Waals surface area contributed by atoms with Crippen LogP contribution in [0.3, 0.4) is 0 Å².